The minimum Gasteiger partial charge on any atom is -0.354 e. The second-order valence-corrected chi connectivity index (χ2v) is 7.39. The average molecular weight is 363 g/mol. The third-order valence-electron chi connectivity index (χ3n) is 5.42. The number of carbonyl (C=O) groups is 2. The molecule has 0 radical (unpaired) electrons. The van der Waals surface area contributed by atoms with Crippen LogP contribution in [0.15, 0.2) is 48.5 Å². The Morgan fingerprint density at radius 3 is 2.67 bits per heavy atom. The highest BCUT2D eigenvalue weighted by molar-refractivity contribution is 5.97. The van der Waals surface area contributed by atoms with Gasteiger partial charge in [-0.15, -0.1) is 0 Å². The van der Waals surface area contributed by atoms with Crippen molar-refractivity contribution >= 4 is 11.8 Å². The number of nitrogens with one attached hydrogen (secondary N) is 2. The molecule has 5 heteroatoms. The molecule has 2 aromatic carbocycles. The van der Waals surface area contributed by atoms with E-state index in [9.17, 15) is 9.59 Å². The molecule has 2 amide bonds. The zero-order valence-electron chi connectivity index (χ0n) is 15.4. The molecule has 27 heavy (non-hydrogen) atoms. The van der Waals surface area contributed by atoms with Crippen LogP contribution >= 0.6 is 0 Å². The Bertz CT molecular complexity index is 832. The first-order valence-corrected chi connectivity index (χ1v) is 9.66. The maximum Gasteiger partial charge on any atom is 0.251 e. The Hall–Kier alpha value is -2.66. The summed E-state index contributed by atoms with van der Waals surface area (Å²) in [5, 5.41) is 5.63. The summed E-state index contributed by atoms with van der Waals surface area (Å²) in [6.07, 6.45) is 2.68. The molecule has 0 spiro atoms. The normalized spacial score (nSPS) is 19.9. The Kier molecular flexibility index (Phi) is 5.21. The van der Waals surface area contributed by atoms with E-state index in [2.05, 4.69) is 39.8 Å². The molecule has 0 aliphatic carbocycles. The molecule has 1 atom stereocenters. The van der Waals surface area contributed by atoms with Crippen LogP contribution in [0.2, 0.25) is 0 Å². The van der Waals surface area contributed by atoms with Gasteiger partial charge < -0.3 is 10.6 Å². The Balaban J connectivity index is 1.35. The van der Waals surface area contributed by atoms with Gasteiger partial charge in [0.25, 0.3) is 5.91 Å². The van der Waals surface area contributed by atoms with Crippen molar-refractivity contribution in [2.45, 2.75) is 38.4 Å². The van der Waals surface area contributed by atoms with E-state index in [4.69, 9.17) is 0 Å². The number of carbonyl (C=O) groups excluding carboxylic acids is 2. The second kappa shape index (κ2) is 7.92. The number of benzene rings is 2. The number of hydrogen-bond donors (Lipinski definition) is 2. The maximum absolute atomic E-state index is 12.4. The van der Waals surface area contributed by atoms with Gasteiger partial charge in [0.1, 0.15) is 6.04 Å². The first-order chi connectivity index (χ1) is 13.2. The lowest BCUT2D eigenvalue weighted by Gasteiger charge is -2.28. The van der Waals surface area contributed by atoms with Crippen LogP contribution < -0.4 is 10.6 Å². The SMILES string of the molecule is O=C(NC1CCCNC1=O)c1ccc(CN2CCc3ccccc3C2)cc1. The molecule has 2 aromatic rings. The smallest absolute Gasteiger partial charge is 0.251 e. The van der Waals surface area contributed by atoms with Crippen LogP contribution in [0.3, 0.4) is 0 Å². The zero-order chi connectivity index (χ0) is 18.6. The van der Waals surface area contributed by atoms with Crippen molar-refractivity contribution in [1.82, 2.24) is 15.5 Å². The highest BCUT2D eigenvalue weighted by Crippen LogP contribution is 2.20. The van der Waals surface area contributed by atoms with E-state index in [1.807, 2.05) is 24.3 Å². The van der Waals surface area contributed by atoms with Crippen molar-refractivity contribution in [3.8, 4) is 0 Å². The van der Waals surface area contributed by atoms with Gasteiger partial charge in [0, 0.05) is 31.7 Å². The monoisotopic (exact) mass is 363 g/mol. The summed E-state index contributed by atoms with van der Waals surface area (Å²) in [6, 6.07) is 15.9. The summed E-state index contributed by atoms with van der Waals surface area (Å²) in [4.78, 5) is 26.6. The lowest BCUT2D eigenvalue weighted by molar-refractivity contribution is -0.124. The standard InChI is InChI=1S/C22H25N3O2/c26-21(24-20-6-3-12-23-22(20)27)18-9-7-16(8-10-18)14-25-13-11-17-4-1-2-5-19(17)15-25/h1-2,4-5,7-10,20H,3,6,11-15H2,(H,23,27)(H,24,26). The minimum atomic E-state index is -0.417. The summed E-state index contributed by atoms with van der Waals surface area (Å²) in [5.41, 5.74) is 4.65. The van der Waals surface area contributed by atoms with Crippen LogP contribution in [-0.4, -0.2) is 35.8 Å². The molecule has 140 valence electrons. The van der Waals surface area contributed by atoms with Crippen LogP contribution in [0, 0.1) is 0 Å². The van der Waals surface area contributed by atoms with Crippen molar-refractivity contribution in [3.63, 3.8) is 0 Å². The van der Waals surface area contributed by atoms with Crippen LogP contribution in [0.4, 0.5) is 0 Å². The average Bonchev–Trinajstić information content (AvgIpc) is 2.70. The van der Waals surface area contributed by atoms with Gasteiger partial charge >= 0.3 is 0 Å². The highest BCUT2D eigenvalue weighted by Gasteiger charge is 2.24. The van der Waals surface area contributed by atoms with E-state index < -0.39 is 6.04 Å². The molecule has 2 aliphatic heterocycles. The predicted octanol–water partition coefficient (Wildman–Crippen LogP) is 2.25. The fraction of sp³-hybridized carbons (Fsp3) is 0.364. The largest absolute Gasteiger partial charge is 0.354 e. The van der Waals surface area contributed by atoms with E-state index in [0.717, 1.165) is 32.5 Å². The Morgan fingerprint density at radius 2 is 1.89 bits per heavy atom. The highest BCUT2D eigenvalue weighted by atomic mass is 16.2. The van der Waals surface area contributed by atoms with Gasteiger partial charge in [0.05, 0.1) is 0 Å². The molecule has 1 saturated heterocycles. The number of rotatable bonds is 4. The van der Waals surface area contributed by atoms with Gasteiger partial charge in [0.2, 0.25) is 5.91 Å². The van der Waals surface area contributed by atoms with Gasteiger partial charge in [-0.25, -0.2) is 0 Å². The fourth-order valence-electron chi connectivity index (χ4n) is 3.86. The third-order valence-corrected chi connectivity index (χ3v) is 5.42. The minimum absolute atomic E-state index is 0.0865. The fourth-order valence-corrected chi connectivity index (χ4v) is 3.86. The van der Waals surface area contributed by atoms with Crippen molar-refractivity contribution in [2.75, 3.05) is 13.1 Å². The Morgan fingerprint density at radius 1 is 1.11 bits per heavy atom. The topological polar surface area (TPSA) is 61.4 Å². The number of fused-ring (bicyclic) bond motifs is 1. The number of amides is 2. The van der Waals surface area contributed by atoms with Gasteiger partial charge in [-0.3, -0.25) is 14.5 Å². The molecule has 1 unspecified atom stereocenters. The van der Waals surface area contributed by atoms with E-state index in [-0.39, 0.29) is 11.8 Å². The predicted molar refractivity (Wildman–Crippen MR) is 104 cm³/mol. The molecule has 0 saturated carbocycles. The first-order valence-electron chi connectivity index (χ1n) is 9.66. The number of nitrogens with zero attached hydrogens (tertiary/aromatic N) is 1. The zero-order valence-corrected chi connectivity index (χ0v) is 15.4. The van der Waals surface area contributed by atoms with Gasteiger partial charge in [0.15, 0.2) is 0 Å². The molecule has 5 nitrogen and oxygen atoms in total. The molecule has 2 N–H and O–H groups in total. The summed E-state index contributed by atoms with van der Waals surface area (Å²) >= 11 is 0. The van der Waals surface area contributed by atoms with Crippen molar-refractivity contribution < 1.29 is 9.59 Å². The van der Waals surface area contributed by atoms with E-state index >= 15 is 0 Å². The van der Waals surface area contributed by atoms with Gasteiger partial charge in [-0.05, 0) is 48.1 Å². The molecule has 2 aliphatic rings. The van der Waals surface area contributed by atoms with Gasteiger partial charge in [-0.1, -0.05) is 36.4 Å². The van der Waals surface area contributed by atoms with E-state index in [0.29, 0.717) is 18.5 Å². The van der Waals surface area contributed by atoms with Crippen LogP contribution in [0.5, 0.6) is 0 Å². The summed E-state index contributed by atoms with van der Waals surface area (Å²) in [7, 11) is 0. The quantitative estimate of drug-likeness (QED) is 0.876. The number of hydrogen-bond acceptors (Lipinski definition) is 3. The number of piperidine rings is 1. The van der Waals surface area contributed by atoms with Crippen LogP contribution in [0.1, 0.15) is 39.9 Å². The Labute approximate surface area is 159 Å². The van der Waals surface area contributed by atoms with Crippen molar-refractivity contribution in [2.24, 2.45) is 0 Å². The van der Waals surface area contributed by atoms with Crippen molar-refractivity contribution in [1.29, 1.82) is 0 Å². The van der Waals surface area contributed by atoms with Crippen LogP contribution in [-0.2, 0) is 24.3 Å². The molecular formula is C22H25N3O2. The molecule has 2 heterocycles. The molecular weight excluding hydrogens is 338 g/mol. The van der Waals surface area contributed by atoms with Gasteiger partial charge in [-0.2, -0.15) is 0 Å². The molecule has 4 rings (SSSR count). The first kappa shape index (κ1) is 17.7. The lowest BCUT2D eigenvalue weighted by atomic mass is 9.99. The summed E-state index contributed by atoms with van der Waals surface area (Å²) < 4.78 is 0. The van der Waals surface area contributed by atoms with Crippen molar-refractivity contribution in [3.05, 3.63) is 70.8 Å². The van der Waals surface area contributed by atoms with E-state index in [1.54, 1.807) is 0 Å². The maximum atomic E-state index is 12.4. The molecule has 0 bridgehead atoms. The third kappa shape index (κ3) is 4.19. The molecule has 1 fully saturated rings. The van der Waals surface area contributed by atoms with Crippen LogP contribution in [0.25, 0.3) is 0 Å². The lowest BCUT2D eigenvalue weighted by Crippen LogP contribution is -2.50. The summed E-state index contributed by atoms with van der Waals surface area (Å²) in [5.74, 6) is -0.271. The summed E-state index contributed by atoms with van der Waals surface area (Å²) in [6.45, 7) is 3.59. The van der Waals surface area contributed by atoms with E-state index in [1.165, 1.54) is 16.7 Å². The second-order valence-electron chi connectivity index (χ2n) is 7.39. The molecule has 0 aromatic heterocycles.